The highest BCUT2D eigenvalue weighted by Crippen LogP contribution is 2.35. The Morgan fingerprint density at radius 3 is 1.45 bits per heavy atom. The van der Waals surface area contributed by atoms with Crippen LogP contribution in [-0.4, -0.2) is 53.8 Å². The summed E-state index contributed by atoms with van der Waals surface area (Å²) >= 11 is 0. The molecule has 47 heavy (non-hydrogen) atoms. The van der Waals surface area contributed by atoms with E-state index in [1.54, 1.807) is 50.6 Å². The number of methoxy groups -OCH3 is 2. The zero-order valence-corrected chi connectivity index (χ0v) is 24.8. The lowest BCUT2D eigenvalue weighted by molar-refractivity contribution is 0.414. The molecule has 0 atom stereocenters. The van der Waals surface area contributed by atoms with Crippen molar-refractivity contribution in [3.05, 3.63) is 108 Å². The smallest absolute Gasteiger partial charge is 0.346 e. The molecule has 8 rings (SSSR count). The molecule has 4 aromatic heterocycles. The first-order valence-electron chi connectivity index (χ1n) is 14.3. The van der Waals surface area contributed by atoms with E-state index in [4.69, 9.17) is 18.3 Å². The predicted octanol–water partition coefficient (Wildman–Crippen LogP) is 6.30. The largest absolute Gasteiger partial charge is 0.496 e. The summed E-state index contributed by atoms with van der Waals surface area (Å²) in [6.45, 7) is 0. The molecule has 4 heterocycles. The van der Waals surface area contributed by atoms with Crippen molar-refractivity contribution in [3.63, 3.8) is 0 Å². The zero-order valence-electron chi connectivity index (χ0n) is 24.8. The molecule has 0 bridgehead atoms. The average molecular weight is 633 g/mol. The topological polar surface area (TPSA) is 131 Å². The fourth-order valence-electron chi connectivity index (χ4n) is 5.37. The fraction of sp³-hybridized carbons (Fsp3) is 0.0909. The number of fused-ring (bicyclic) bond motifs is 2. The molecule has 0 aliphatic carbocycles. The van der Waals surface area contributed by atoms with E-state index in [2.05, 4.69) is 30.6 Å². The van der Waals surface area contributed by atoms with Crippen molar-refractivity contribution in [1.29, 1.82) is 0 Å². The van der Waals surface area contributed by atoms with Gasteiger partial charge in [-0.1, -0.05) is 46.6 Å². The Hall–Kier alpha value is -6.44. The van der Waals surface area contributed by atoms with Gasteiger partial charge in [-0.2, -0.15) is 9.03 Å². The van der Waals surface area contributed by atoms with E-state index < -0.39 is 11.6 Å². The second-order valence-corrected chi connectivity index (χ2v) is 10.5. The minimum Gasteiger partial charge on any atom is -0.496 e. The molecule has 4 aromatic carbocycles. The molecule has 0 aliphatic heterocycles. The van der Waals surface area contributed by atoms with Crippen LogP contribution in [0, 0.1) is 11.6 Å². The molecule has 0 aliphatic rings. The van der Waals surface area contributed by atoms with Crippen LogP contribution in [0.15, 0.2) is 93.8 Å². The van der Waals surface area contributed by atoms with Gasteiger partial charge in [0.25, 0.3) is 11.8 Å². The summed E-state index contributed by atoms with van der Waals surface area (Å²) in [6.07, 6.45) is 0.494. The van der Waals surface area contributed by atoms with Gasteiger partial charge >= 0.3 is 11.7 Å². The Morgan fingerprint density at radius 2 is 1.02 bits per heavy atom. The quantitative estimate of drug-likeness (QED) is 0.188. The van der Waals surface area contributed by atoms with Crippen molar-refractivity contribution < 1.29 is 27.1 Å². The molecular formula is C33H22F2N8O4. The molecule has 8 aromatic rings. The van der Waals surface area contributed by atoms with Crippen molar-refractivity contribution in [2.75, 3.05) is 14.2 Å². The van der Waals surface area contributed by atoms with Crippen LogP contribution in [0.1, 0.15) is 11.1 Å². The van der Waals surface area contributed by atoms with Crippen LogP contribution in [0.5, 0.6) is 11.5 Å². The fourth-order valence-corrected chi connectivity index (χ4v) is 5.37. The molecule has 0 spiro atoms. The Balaban J connectivity index is 1.14. The van der Waals surface area contributed by atoms with Gasteiger partial charge in [-0.3, -0.25) is 0 Å². The van der Waals surface area contributed by atoms with E-state index in [-0.39, 0.29) is 46.2 Å². The summed E-state index contributed by atoms with van der Waals surface area (Å²) in [6, 6.07) is 23.8. The summed E-state index contributed by atoms with van der Waals surface area (Å²) in [5, 5.41) is 25.3. The number of ether oxygens (including phenoxy) is 2. The SMILES string of the molecule is COc1ccc(Cc2ccc(OC)c(-c3nn4c(-c5ccccc5F)nnc4o3)c2)cc1-c1nn2c(-c3ccccc3F)nnc2o1. The number of nitrogens with zero attached hydrogens (tertiary/aromatic N) is 8. The Kier molecular flexibility index (Phi) is 6.67. The van der Waals surface area contributed by atoms with Crippen LogP contribution < -0.4 is 9.47 Å². The molecule has 14 heteroatoms. The Bertz CT molecular complexity index is 2260. The highest BCUT2D eigenvalue weighted by molar-refractivity contribution is 5.68. The van der Waals surface area contributed by atoms with Gasteiger partial charge in [0.2, 0.25) is 0 Å². The van der Waals surface area contributed by atoms with E-state index in [0.717, 1.165) is 11.1 Å². The van der Waals surface area contributed by atoms with E-state index in [1.807, 2.05) is 36.4 Å². The van der Waals surface area contributed by atoms with Gasteiger partial charge in [0, 0.05) is 0 Å². The van der Waals surface area contributed by atoms with Crippen LogP contribution in [0.2, 0.25) is 0 Å². The molecule has 0 saturated carbocycles. The summed E-state index contributed by atoms with van der Waals surface area (Å²) in [4.78, 5) is 0. The van der Waals surface area contributed by atoms with Crippen molar-refractivity contribution >= 4 is 11.7 Å². The molecule has 0 fully saturated rings. The number of aromatic nitrogens is 8. The van der Waals surface area contributed by atoms with Crippen molar-refractivity contribution in [2.24, 2.45) is 0 Å². The third kappa shape index (κ3) is 4.82. The van der Waals surface area contributed by atoms with Crippen LogP contribution >= 0.6 is 0 Å². The molecule has 0 unspecified atom stereocenters. The van der Waals surface area contributed by atoms with Crippen LogP contribution in [0.4, 0.5) is 8.78 Å². The van der Waals surface area contributed by atoms with Crippen LogP contribution in [0.3, 0.4) is 0 Å². The van der Waals surface area contributed by atoms with Crippen molar-refractivity contribution in [3.8, 4) is 57.2 Å². The van der Waals surface area contributed by atoms with Gasteiger partial charge in [-0.15, -0.1) is 20.4 Å². The first kappa shape index (κ1) is 28.1. The summed E-state index contributed by atoms with van der Waals surface area (Å²) in [7, 11) is 3.10. The maximum atomic E-state index is 14.5. The molecule has 0 radical (unpaired) electrons. The Morgan fingerprint density at radius 1 is 0.574 bits per heavy atom. The van der Waals surface area contributed by atoms with Gasteiger partial charge in [0.1, 0.15) is 23.1 Å². The van der Waals surface area contributed by atoms with E-state index in [0.29, 0.717) is 29.0 Å². The first-order chi connectivity index (χ1) is 23.0. The number of benzene rings is 4. The summed E-state index contributed by atoms with van der Waals surface area (Å²) in [5.41, 5.74) is 3.46. The molecule has 12 nitrogen and oxygen atoms in total. The van der Waals surface area contributed by atoms with Gasteiger partial charge in [0.15, 0.2) is 11.6 Å². The van der Waals surface area contributed by atoms with Crippen molar-refractivity contribution in [2.45, 2.75) is 6.42 Å². The number of halogens is 2. The molecule has 0 N–H and O–H groups in total. The maximum Gasteiger partial charge on any atom is 0.346 e. The Labute approximate surface area is 263 Å². The van der Waals surface area contributed by atoms with Crippen LogP contribution in [-0.2, 0) is 6.42 Å². The second kappa shape index (κ2) is 11.2. The molecule has 232 valence electrons. The summed E-state index contributed by atoms with van der Waals surface area (Å²) in [5.74, 6) is 1.24. The van der Waals surface area contributed by atoms with Gasteiger partial charge < -0.3 is 18.3 Å². The zero-order chi connectivity index (χ0) is 32.1. The van der Waals surface area contributed by atoms with Crippen molar-refractivity contribution in [1.82, 2.24) is 39.6 Å². The lowest BCUT2D eigenvalue weighted by atomic mass is 10.00. The minimum atomic E-state index is -0.453. The van der Waals surface area contributed by atoms with E-state index in [9.17, 15) is 8.78 Å². The standard InChI is InChI=1S/C33H22F2N8O4/c1-44-26-13-11-18(16-22(26)30-40-42-28(36-38-32(42)46-30)20-7-3-5-9-24(20)34)15-19-12-14-27(45-2)23(17-19)31-41-43-29(37-39-33(43)47-31)21-8-4-6-10-25(21)35/h3-14,16-17H,15H2,1-2H3. The lowest BCUT2D eigenvalue weighted by Gasteiger charge is -2.10. The highest BCUT2D eigenvalue weighted by Gasteiger charge is 2.22. The van der Waals surface area contributed by atoms with Gasteiger partial charge in [0.05, 0.1) is 36.5 Å². The average Bonchev–Trinajstić information content (AvgIpc) is 3.87. The number of rotatable bonds is 8. The highest BCUT2D eigenvalue weighted by atomic mass is 19.1. The van der Waals surface area contributed by atoms with Crippen LogP contribution in [0.25, 0.3) is 57.4 Å². The first-order valence-corrected chi connectivity index (χ1v) is 14.3. The number of hydrogen-bond acceptors (Lipinski definition) is 10. The molecule has 0 saturated heterocycles. The lowest BCUT2D eigenvalue weighted by Crippen LogP contribution is -1.97. The third-order valence-corrected chi connectivity index (χ3v) is 7.61. The van der Waals surface area contributed by atoms with Gasteiger partial charge in [-0.25, -0.2) is 8.78 Å². The monoisotopic (exact) mass is 632 g/mol. The second-order valence-electron chi connectivity index (χ2n) is 10.5. The number of hydrogen-bond donors (Lipinski definition) is 0. The van der Waals surface area contributed by atoms with Gasteiger partial charge in [-0.05, 0) is 66.1 Å². The minimum absolute atomic E-state index is 0.108. The third-order valence-electron chi connectivity index (χ3n) is 7.61. The van der Waals surface area contributed by atoms with E-state index in [1.165, 1.54) is 21.2 Å². The predicted molar refractivity (Wildman–Crippen MR) is 164 cm³/mol. The molecular weight excluding hydrogens is 610 g/mol. The molecule has 0 amide bonds. The maximum absolute atomic E-state index is 14.5. The summed E-state index contributed by atoms with van der Waals surface area (Å²) < 4.78 is 54.8. The normalized spacial score (nSPS) is 11.5. The van der Waals surface area contributed by atoms with E-state index >= 15 is 0 Å².